The number of phenolic OH excluding ortho intramolecular Hbond substituents is 2. The van der Waals surface area contributed by atoms with Gasteiger partial charge in [-0.2, -0.15) is 0 Å². The maximum Gasteiger partial charge on any atom is 0.261 e. The van der Waals surface area contributed by atoms with Crippen molar-refractivity contribution in [3.05, 3.63) is 89.8 Å². The van der Waals surface area contributed by atoms with Crippen LogP contribution in [0.2, 0.25) is 0 Å². The van der Waals surface area contributed by atoms with Gasteiger partial charge in [0, 0.05) is 11.3 Å². The van der Waals surface area contributed by atoms with Crippen molar-refractivity contribution in [2.45, 2.75) is 4.90 Å². The van der Waals surface area contributed by atoms with Crippen LogP contribution in [0, 0.1) is 5.82 Å². The predicted molar refractivity (Wildman–Crippen MR) is 107 cm³/mol. The van der Waals surface area contributed by atoms with Gasteiger partial charge < -0.3 is 10.2 Å². The fourth-order valence-corrected chi connectivity index (χ4v) is 3.55. The van der Waals surface area contributed by atoms with Crippen molar-refractivity contribution in [3.63, 3.8) is 0 Å². The second kappa shape index (κ2) is 8.15. The van der Waals surface area contributed by atoms with E-state index in [0.717, 1.165) is 12.1 Å². The zero-order chi connectivity index (χ0) is 21.0. The normalized spacial score (nSPS) is 11.5. The van der Waals surface area contributed by atoms with Gasteiger partial charge in [0.1, 0.15) is 5.82 Å². The van der Waals surface area contributed by atoms with Gasteiger partial charge in [-0.25, -0.2) is 12.8 Å². The highest BCUT2D eigenvalue weighted by molar-refractivity contribution is 7.92. The van der Waals surface area contributed by atoms with Crippen LogP contribution in [0.5, 0.6) is 11.5 Å². The molecule has 0 heterocycles. The number of hydrogen-bond donors (Lipinski definition) is 3. The van der Waals surface area contributed by atoms with E-state index in [1.165, 1.54) is 66.7 Å². The Kier molecular flexibility index (Phi) is 5.65. The summed E-state index contributed by atoms with van der Waals surface area (Å²) in [5, 5.41) is 18.7. The average molecular weight is 413 g/mol. The van der Waals surface area contributed by atoms with Gasteiger partial charge in [-0.15, -0.1) is 0 Å². The number of carbonyl (C=O) groups is 1. The smallest absolute Gasteiger partial charge is 0.261 e. The molecule has 3 aromatic rings. The first kappa shape index (κ1) is 20.1. The summed E-state index contributed by atoms with van der Waals surface area (Å²) in [4.78, 5) is 12.0. The molecule has 0 aliphatic rings. The monoisotopic (exact) mass is 413 g/mol. The van der Waals surface area contributed by atoms with Gasteiger partial charge in [-0.1, -0.05) is 18.2 Å². The molecule has 3 aromatic carbocycles. The number of halogens is 1. The van der Waals surface area contributed by atoms with E-state index < -0.39 is 15.8 Å². The summed E-state index contributed by atoms with van der Waals surface area (Å²) in [6, 6.07) is 14.5. The van der Waals surface area contributed by atoms with Gasteiger partial charge in [-0.05, 0) is 66.2 Å². The molecule has 148 valence electrons. The van der Waals surface area contributed by atoms with E-state index in [-0.39, 0.29) is 27.9 Å². The van der Waals surface area contributed by atoms with Gasteiger partial charge >= 0.3 is 0 Å². The minimum absolute atomic E-state index is 0.210. The highest BCUT2D eigenvalue weighted by atomic mass is 32.2. The van der Waals surface area contributed by atoms with Crippen LogP contribution in [-0.2, 0) is 10.0 Å². The van der Waals surface area contributed by atoms with E-state index in [1.807, 2.05) is 0 Å². The summed E-state index contributed by atoms with van der Waals surface area (Å²) < 4.78 is 40.2. The molecule has 0 fully saturated rings. The number of allylic oxidation sites excluding steroid dienone is 1. The van der Waals surface area contributed by atoms with E-state index >= 15 is 0 Å². The quantitative estimate of drug-likeness (QED) is 0.323. The number of nitrogens with one attached hydrogen (secondary N) is 1. The Morgan fingerprint density at radius 2 is 1.66 bits per heavy atom. The van der Waals surface area contributed by atoms with Crippen LogP contribution in [0.15, 0.2) is 77.7 Å². The van der Waals surface area contributed by atoms with E-state index in [0.29, 0.717) is 11.1 Å². The lowest BCUT2D eigenvalue weighted by Crippen LogP contribution is -2.13. The van der Waals surface area contributed by atoms with Crippen LogP contribution in [0.3, 0.4) is 0 Å². The van der Waals surface area contributed by atoms with Gasteiger partial charge in [0.2, 0.25) is 0 Å². The van der Waals surface area contributed by atoms with E-state index in [9.17, 15) is 27.8 Å². The maximum absolute atomic E-state index is 13.3. The van der Waals surface area contributed by atoms with Crippen LogP contribution in [0.4, 0.5) is 10.1 Å². The molecular weight excluding hydrogens is 397 g/mol. The third-order valence-corrected chi connectivity index (χ3v) is 5.33. The van der Waals surface area contributed by atoms with Crippen LogP contribution in [0.1, 0.15) is 15.9 Å². The fraction of sp³-hybridized carbons (Fsp3) is 0. The van der Waals surface area contributed by atoms with Crippen molar-refractivity contribution in [2.24, 2.45) is 0 Å². The molecule has 29 heavy (non-hydrogen) atoms. The average Bonchev–Trinajstić information content (AvgIpc) is 2.69. The molecule has 0 saturated carbocycles. The lowest BCUT2D eigenvalue weighted by molar-refractivity contribution is 0.104. The molecule has 0 aliphatic heterocycles. The Morgan fingerprint density at radius 3 is 2.31 bits per heavy atom. The van der Waals surface area contributed by atoms with Gasteiger partial charge in [0.15, 0.2) is 17.3 Å². The van der Waals surface area contributed by atoms with Crippen molar-refractivity contribution in [3.8, 4) is 11.5 Å². The second-order valence-electron chi connectivity index (χ2n) is 6.09. The number of benzene rings is 3. The number of sulfonamides is 1. The zero-order valence-electron chi connectivity index (χ0n) is 14.9. The van der Waals surface area contributed by atoms with Crippen molar-refractivity contribution in [1.29, 1.82) is 0 Å². The van der Waals surface area contributed by atoms with Crippen molar-refractivity contribution in [2.75, 3.05) is 4.72 Å². The molecule has 0 bridgehead atoms. The molecule has 8 heteroatoms. The minimum Gasteiger partial charge on any atom is -0.504 e. The molecule has 0 atom stereocenters. The highest BCUT2D eigenvalue weighted by Crippen LogP contribution is 2.25. The summed E-state index contributed by atoms with van der Waals surface area (Å²) in [5.41, 5.74) is 1.06. The third-order valence-electron chi connectivity index (χ3n) is 3.95. The number of carbonyl (C=O) groups excluding carboxylic acids is 1. The standard InChI is InChI=1S/C21H16FNO5S/c22-16-2-1-3-18(13-16)29(27,28)23-17-8-6-15(7-9-17)19(24)10-4-14-5-11-20(25)21(26)12-14/h1-13,23,25-26H/b10-4+. The Labute approximate surface area is 166 Å². The highest BCUT2D eigenvalue weighted by Gasteiger charge is 2.15. The summed E-state index contributed by atoms with van der Waals surface area (Å²) in [5.74, 6) is -1.56. The SMILES string of the molecule is O=C(/C=C/c1ccc(O)c(O)c1)c1ccc(NS(=O)(=O)c2cccc(F)c2)cc1. The Hall–Kier alpha value is -3.65. The van der Waals surface area contributed by atoms with E-state index in [4.69, 9.17) is 0 Å². The van der Waals surface area contributed by atoms with Gasteiger partial charge in [0.25, 0.3) is 10.0 Å². The number of anilines is 1. The molecule has 0 amide bonds. The van der Waals surface area contributed by atoms with Crippen LogP contribution >= 0.6 is 0 Å². The molecule has 6 nitrogen and oxygen atoms in total. The number of rotatable bonds is 6. The third kappa shape index (κ3) is 4.99. The van der Waals surface area contributed by atoms with Crippen molar-refractivity contribution in [1.82, 2.24) is 0 Å². The molecular formula is C21H16FNO5S. The van der Waals surface area contributed by atoms with Gasteiger partial charge in [-0.3, -0.25) is 9.52 Å². The summed E-state index contributed by atoms with van der Waals surface area (Å²) in [6.45, 7) is 0. The zero-order valence-corrected chi connectivity index (χ0v) is 15.7. The molecule has 3 rings (SSSR count). The van der Waals surface area contributed by atoms with E-state index in [1.54, 1.807) is 0 Å². The molecule has 0 aliphatic carbocycles. The molecule has 3 N–H and O–H groups in total. The fourth-order valence-electron chi connectivity index (χ4n) is 2.46. The van der Waals surface area contributed by atoms with Crippen molar-refractivity contribution >= 4 is 27.6 Å². The topological polar surface area (TPSA) is 104 Å². The van der Waals surface area contributed by atoms with Crippen LogP contribution < -0.4 is 4.72 Å². The molecule has 0 radical (unpaired) electrons. The minimum atomic E-state index is -3.96. The first-order valence-electron chi connectivity index (χ1n) is 8.37. The Balaban J connectivity index is 1.71. The summed E-state index contributed by atoms with van der Waals surface area (Å²) in [6.07, 6.45) is 2.76. The number of hydrogen-bond acceptors (Lipinski definition) is 5. The summed E-state index contributed by atoms with van der Waals surface area (Å²) in [7, 11) is -3.96. The van der Waals surface area contributed by atoms with Crippen LogP contribution in [-0.4, -0.2) is 24.4 Å². The van der Waals surface area contributed by atoms with Gasteiger partial charge in [0.05, 0.1) is 4.90 Å². The second-order valence-corrected chi connectivity index (χ2v) is 7.77. The number of aromatic hydroxyl groups is 2. The number of phenols is 2. The largest absolute Gasteiger partial charge is 0.504 e. The molecule has 0 unspecified atom stereocenters. The predicted octanol–water partition coefficient (Wildman–Crippen LogP) is 3.93. The Morgan fingerprint density at radius 1 is 0.931 bits per heavy atom. The van der Waals surface area contributed by atoms with Crippen molar-refractivity contribution < 1.29 is 27.8 Å². The lowest BCUT2D eigenvalue weighted by Gasteiger charge is -2.08. The first-order chi connectivity index (χ1) is 13.7. The first-order valence-corrected chi connectivity index (χ1v) is 9.86. The maximum atomic E-state index is 13.3. The Bertz CT molecular complexity index is 1190. The number of ketones is 1. The summed E-state index contributed by atoms with van der Waals surface area (Å²) >= 11 is 0. The molecule has 0 saturated heterocycles. The molecule has 0 aromatic heterocycles. The molecule has 0 spiro atoms. The van der Waals surface area contributed by atoms with Crippen LogP contribution in [0.25, 0.3) is 6.08 Å². The lowest BCUT2D eigenvalue weighted by atomic mass is 10.1. The van der Waals surface area contributed by atoms with E-state index in [2.05, 4.69) is 4.72 Å².